The summed E-state index contributed by atoms with van der Waals surface area (Å²) in [5.41, 5.74) is 5.90. The third-order valence-corrected chi connectivity index (χ3v) is 14.0. The summed E-state index contributed by atoms with van der Waals surface area (Å²) in [6, 6.07) is 21.0. The number of sulfonamides is 1. The Kier molecular flexibility index (Phi) is 12.7. The predicted molar refractivity (Wildman–Crippen MR) is 241 cm³/mol. The van der Waals surface area contributed by atoms with Crippen LogP contribution in [0.15, 0.2) is 95.7 Å². The van der Waals surface area contributed by atoms with Crippen molar-refractivity contribution >= 4 is 67.5 Å². The maximum atomic E-state index is 13.9. The molecule has 13 nitrogen and oxygen atoms in total. The van der Waals surface area contributed by atoms with Crippen molar-refractivity contribution in [2.45, 2.75) is 50.8 Å². The first-order valence-electron chi connectivity index (χ1n) is 20.9. The molecule has 2 fully saturated rings. The van der Waals surface area contributed by atoms with E-state index in [4.69, 9.17) is 32.7 Å². The summed E-state index contributed by atoms with van der Waals surface area (Å²) < 4.78 is 41.7. The number of nitrogens with zero attached hydrogens (tertiary/aromatic N) is 4. The molecular formula is C46H50Cl2N6O7S. The summed E-state index contributed by atoms with van der Waals surface area (Å²) >= 11 is 12.7. The number of carbonyl (C=O) groups is 2. The zero-order valence-corrected chi connectivity index (χ0v) is 37.0. The van der Waals surface area contributed by atoms with Gasteiger partial charge in [-0.05, 0) is 109 Å². The Morgan fingerprint density at radius 2 is 1.69 bits per heavy atom. The molecule has 3 N–H and O–H groups in total. The first-order chi connectivity index (χ1) is 29.7. The number of aromatic amines is 1. The Bertz CT molecular complexity index is 2600. The Balaban J connectivity index is 0.966. The quantitative estimate of drug-likeness (QED) is 0.110. The van der Waals surface area contributed by atoms with Crippen LogP contribution >= 0.6 is 23.2 Å². The molecule has 4 heterocycles. The number of carboxylic acid groups (broad SMARTS) is 1. The van der Waals surface area contributed by atoms with Crippen LogP contribution in [0.3, 0.4) is 0 Å². The lowest BCUT2D eigenvalue weighted by Crippen LogP contribution is -2.47. The second-order valence-corrected chi connectivity index (χ2v) is 19.6. The van der Waals surface area contributed by atoms with Gasteiger partial charge >= 0.3 is 6.09 Å². The van der Waals surface area contributed by atoms with Gasteiger partial charge in [-0.3, -0.25) is 9.69 Å². The average molecular weight is 902 g/mol. The number of pyridine rings is 1. The van der Waals surface area contributed by atoms with Crippen LogP contribution in [0.5, 0.6) is 17.2 Å². The van der Waals surface area contributed by atoms with Crippen molar-refractivity contribution in [2.75, 3.05) is 57.3 Å². The molecule has 2 aromatic heterocycles. The van der Waals surface area contributed by atoms with Gasteiger partial charge < -0.3 is 29.4 Å². The number of H-pyrrole nitrogens is 1. The highest BCUT2D eigenvalue weighted by Crippen LogP contribution is 2.43. The van der Waals surface area contributed by atoms with Crippen molar-refractivity contribution in [3.05, 3.63) is 112 Å². The van der Waals surface area contributed by atoms with Crippen molar-refractivity contribution in [1.82, 2.24) is 24.5 Å². The second kappa shape index (κ2) is 18.2. The minimum absolute atomic E-state index is 0.0204. The van der Waals surface area contributed by atoms with Crippen molar-refractivity contribution in [3.8, 4) is 17.2 Å². The summed E-state index contributed by atoms with van der Waals surface area (Å²) in [5.74, 6) is 0.0932. The van der Waals surface area contributed by atoms with E-state index < -0.39 is 22.0 Å². The van der Waals surface area contributed by atoms with Gasteiger partial charge in [-0.2, -0.15) is 0 Å². The molecule has 0 bridgehead atoms. The van der Waals surface area contributed by atoms with Crippen LogP contribution in [-0.2, 0) is 10.0 Å². The fourth-order valence-electron chi connectivity index (χ4n) is 8.48. The molecule has 0 saturated carbocycles. The van der Waals surface area contributed by atoms with E-state index in [0.29, 0.717) is 43.9 Å². The average Bonchev–Trinajstić information content (AvgIpc) is 3.72. The Morgan fingerprint density at radius 3 is 2.42 bits per heavy atom. The first kappa shape index (κ1) is 43.4. The molecular weight excluding hydrogens is 852 g/mol. The van der Waals surface area contributed by atoms with Crippen LogP contribution < -0.4 is 19.1 Å². The number of fused-ring (bicyclic) bond motifs is 1. The van der Waals surface area contributed by atoms with Crippen LogP contribution in [0, 0.1) is 11.3 Å². The van der Waals surface area contributed by atoms with Crippen molar-refractivity contribution in [3.63, 3.8) is 0 Å². The van der Waals surface area contributed by atoms with Gasteiger partial charge in [0.25, 0.3) is 15.9 Å². The number of rotatable bonds is 12. The fourth-order valence-corrected chi connectivity index (χ4v) is 9.90. The normalized spacial score (nSPS) is 17.6. The molecule has 0 spiro atoms. The van der Waals surface area contributed by atoms with Gasteiger partial charge in [-0.25, -0.2) is 22.9 Å². The van der Waals surface area contributed by atoms with Crippen molar-refractivity contribution in [1.29, 1.82) is 0 Å². The van der Waals surface area contributed by atoms with Gasteiger partial charge in [0, 0.05) is 74.2 Å². The number of hydrogen-bond acceptors (Lipinski definition) is 9. The number of amides is 2. The molecule has 0 unspecified atom stereocenters. The predicted octanol–water partition coefficient (Wildman–Crippen LogP) is 9.34. The highest BCUT2D eigenvalue weighted by Gasteiger charge is 2.30. The van der Waals surface area contributed by atoms with E-state index in [1.807, 2.05) is 24.3 Å². The maximum absolute atomic E-state index is 13.9. The van der Waals surface area contributed by atoms with Gasteiger partial charge in [0.2, 0.25) is 0 Å². The number of piperazine rings is 1. The first-order valence-corrected chi connectivity index (χ1v) is 23.1. The topological polar surface area (TPSA) is 157 Å². The summed E-state index contributed by atoms with van der Waals surface area (Å²) in [6.07, 6.45) is 6.89. The number of benzene rings is 3. The number of allylic oxidation sites excluding steroid dienone is 1. The third-order valence-electron chi connectivity index (χ3n) is 12.1. The summed E-state index contributed by atoms with van der Waals surface area (Å²) in [7, 11) is -4.39. The van der Waals surface area contributed by atoms with E-state index in [1.165, 1.54) is 39.8 Å². The van der Waals surface area contributed by atoms with Gasteiger partial charge in [-0.1, -0.05) is 54.8 Å². The zero-order valence-electron chi connectivity index (χ0n) is 34.7. The van der Waals surface area contributed by atoms with Crippen LogP contribution in [0.25, 0.3) is 16.6 Å². The van der Waals surface area contributed by atoms with Crippen LogP contribution in [-0.4, -0.2) is 97.7 Å². The molecule has 3 aliphatic rings. The number of likely N-dealkylation sites (tertiary alicyclic amines) is 1. The van der Waals surface area contributed by atoms with Gasteiger partial charge in [-0.15, -0.1) is 0 Å². The van der Waals surface area contributed by atoms with E-state index in [-0.39, 0.29) is 38.3 Å². The smallest absolute Gasteiger partial charge is 0.407 e. The van der Waals surface area contributed by atoms with E-state index in [1.54, 1.807) is 30.6 Å². The third kappa shape index (κ3) is 10.2. The summed E-state index contributed by atoms with van der Waals surface area (Å²) in [5, 5.41) is 10.8. The van der Waals surface area contributed by atoms with Gasteiger partial charge in [0.1, 0.15) is 22.9 Å². The maximum Gasteiger partial charge on any atom is 0.407 e. The monoisotopic (exact) mass is 900 g/mol. The minimum Gasteiger partial charge on any atom is -0.492 e. The molecule has 8 rings (SSSR count). The lowest BCUT2D eigenvalue weighted by molar-refractivity contribution is 0.0978. The number of ether oxygens (including phenoxy) is 2. The Morgan fingerprint density at radius 1 is 0.935 bits per heavy atom. The molecule has 2 aliphatic heterocycles. The lowest BCUT2D eigenvalue weighted by Gasteiger charge is -2.39. The molecule has 5 aromatic rings. The molecule has 62 heavy (non-hydrogen) atoms. The number of anilines is 1. The highest BCUT2D eigenvalue weighted by atomic mass is 35.5. The van der Waals surface area contributed by atoms with E-state index >= 15 is 0 Å². The number of halogens is 2. The summed E-state index contributed by atoms with van der Waals surface area (Å²) in [4.78, 5) is 38.5. The Hall–Kier alpha value is -5.28. The van der Waals surface area contributed by atoms with Crippen molar-refractivity contribution < 1.29 is 32.6 Å². The number of hydrogen-bond donors (Lipinski definition) is 3. The van der Waals surface area contributed by atoms with Crippen LogP contribution in [0.1, 0.15) is 61.9 Å². The molecule has 2 amide bonds. The van der Waals surface area contributed by atoms with E-state index in [9.17, 15) is 23.1 Å². The molecule has 1 aliphatic carbocycles. The number of nitrogens with one attached hydrogen (secondary N) is 2. The largest absolute Gasteiger partial charge is 0.492 e. The standard InChI is InChI=1S/C46H50Cl2N6O7S/c1-46(2)15-11-33(39(26-46)31-3-5-34(47)6-4-31)28-52-19-21-53(22-20-52)35-7-9-38(42(24-35)61-36-23-32-12-16-49-43(32)50-27-36)44(55)51-62(58,59)37-8-10-41(40(48)25-37)60-29-30-13-17-54(18-14-30)45(56)57/h3-10,12,16,23-25,27,30H,11,13-15,17-22,26,28-29H2,1-2H3,(H,49,50)(H,51,55)(H,56,57). The minimum atomic E-state index is -4.39. The second-order valence-electron chi connectivity index (χ2n) is 17.1. The van der Waals surface area contributed by atoms with Gasteiger partial charge in [0.15, 0.2) is 0 Å². The highest BCUT2D eigenvalue weighted by molar-refractivity contribution is 7.90. The SMILES string of the molecule is CC1(C)CCC(CN2CCN(c3ccc(C(=O)NS(=O)(=O)c4ccc(OCC5CCN(C(=O)O)CC5)c(Cl)c4)c(Oc4cnc5[nH]ccc5c4)c3)CC2)=C(c2ccc(Cl)cc2)C1. The Labute approximate surface area is 371 Å². The number of piperidine rings is 1. The van der Waals surface area contributed by atoms with Crippen molar-refractivity contribution in [2.24, 2.45) is 11.3 Å². The molecule has 16 heteroatoms. The van der Waals surface area contributed by atoms with E-state index in [0.717, 1.165) is 68.1 Å². The molecule has 0 radical (unpaired) electrons. The zero-order chi connectivity index (χ0) is 43.6. The molecule has 0 atom stereocenters. The van der Waals surface area contributed by atoms with Gasteiger partial charge in [0.05, 0.1) is 28.3 Å². The van der Waals surface area contributed by atoms with Crippen LogP contribution in [0.2, 0.25) is 10.0 Å². The molecule has 3 aromatic carbocycles. The molecule has 326 valence electrons. The van der Waals surface area contributed by atoms with E-state index in [2.05, 4.69) is 50.5 Å². The molecule has 2 saturated heterocycles. The number of aromatic nitrogens is 2. The summed E-state index contributed by atoms with van der Waals surface area (Å²) in [6.45, 7) is 9.89. The lowest BCUT2D eigenvalue weighted by atomic mass is 9.72. The van der Waals surface area contributed by atoms with Crippen LogP contribution in [0.4, 0.5) is 10.5 Å². The fraction of sp³-hybridized carbons (Fsp3) is 0.370. The number of carbonyl (C=O) groups excluding carboxylic acids is 1.